The molecule has 1 aliphatic rings. The van der Waals surface area contributed by atoms with E-state index in [0.29, 0.717) is 0 Å². The summed E-state index contributed by atoms with van der Waals surface area (Å²) in [5.41, 5.74) is 0. The van der Waals surface area contributed by atoms with Crippen molar-refractivity contribution in [1.82, 2.24) is 0 Å². The van der Waals surface area contributed by atoms with Crippen molar-refractivity contribution in [3.8, 4) is 0 Å². The number of hydrogen-bond acceptors (Lipinski definition) is 1. The highest BCUT2D eigenvalue weighted by Gasteiger charge is 2.41. The van der Waals surface area contributed by atoms with E-state index in [-0.39, 0.29) is 13.0 Å². The molecule has 48 valence electrons. The van der Waals surface area contributed by atoms with Gasteiger partial charge in [0.2, 0.25) is 0 Å². The molecule has 1 rings (SSSR count). The number of alkyl halides is 2. The van der Waals surface area contributed by atoms with Gasteiger partial charge in [-0.3, -0.25) is 0 Å². The summed E-state index contributed by atoms with van der Waals surface area (Å²) >= 11 is 0. The molecule has 1 heterocycles. The van der Waals surface area contributed by atoms with Crippen LogP contribution in [0.4, 0.5) is 8.78 Å². The second-order valence-electron chi connectivity index (χ2n) is 2.02. The lowest BCUT2D eigenvalue weighted by atomic mass is 10.2. The van der Waals surface area contributed by atoms with E-state index in [9.17, 15) is 8.78 Å². The first-order valence-electron chi connectivity index (χ1n) is 2.62. The molecule has 0 aromatic heterocycles. The first kappa shape index (κ1) is 5.95. The summed E-state index contributed by atoms with van der Waals surface area (Å²) in [5, 5.41) is 0. The van der Waals surface area contributed by atoms with Crippen molar-refractivity contribution in [1.29, 1.82) is 0 Å². The largest absolute Gasteiger partial charge is 0.372 e. The maximum absolute atomic E-state index is 12.2. The second-order valence-corrected chi connectivity index (χ2v) is 2.02. The van der Waals surface area contributed by atoms with E-state index >= 15 is 0 Å². The van der Waals surface area contributed by atoms with Crippen molar-refractivity contribution >= 4 is 0 Å². The van der Waals surface area contributed by atoms with Gasteiger partial charge in [-0.25, -0.2) is 8.78 Å². The van der Waals surface area contributed by atoms with Crippen molar-refractivity contribution in [2.75, 3.05) is 6.61 Å². The molecule has 8 heavy (non-hydrogen) atoms. The molecule has 0 unspecified atom stereocenters. The lowest BCUT2D eigenvalue weighted by molar-refractivity contribution is -0.0583. The second kappa shape index (κ2) is 1.65. The molecule has 1 aliphatic heterocycles. The molecular weight excluding hydrogens is 114 g/mol. The highest BCUT2D eigenvalue weighted by atomic mass is 19.3. The normalized spacial score (nSPS) is 35.6. The third-order valence-electron chi connectivity index (χ3n) is 1.40. The number of hydrogen-bond donors (Lipinski definition) is 0. The molecule has 0 spiro atoms. The number of halogens is 2. The molecule has 0 aromatic rings. The summed E-state index contributed by atoms with van der Waals surface area (Å²) in [5.74, 6) is -2.57. The van der Waals surface area contributed by atoms with Gasteiger partial charge in [-0.15, -0.1) is 0 Å². The van der Waals surface area contributed by atoms with Crippen LogP contribution in [0, 0.1) is 0 Å². The van der Waals surface area contributed by atoms with Gasteiger partial charge in [-0.2, -0.15) is 0 Å². The summed E-state index contributed by atoms with van der Waals surface area (Å²) in [7, 11) is 0. The molecule has 1 nitrogen and oxygen atoms in total. The van der Waals surface area contributed by atoms with Gasteiger partial charge in [0, 0.05) is 6.42 Å². The maximum atomic E-state index is 12.2. The van der Waals surface area contributed by atoms with Crippen LogP contribution in [0.2, 0.25) is 0 Å². The highest BCUT2D eigenvalue weighted by molar-refractivity contribution is 4.79. The molecule has 3 heteroatoms. The van der Waals surface area contributed by atoms with Crippen molar-refractivity contribution in [3.05, 3.63) is 0 Å². The van der Waals surface area contributed by atoms with Crippen LogP contribution in [0.1, 0.15) is 13.3 Å². The SMILES string of the molecule is C[C@H]1OCCC1(F)F. The monoisotopic (exact) mass is 122 g/mol. The van der Waals surface area contributed by atoms with Gasteiger partial charge in [0.05, 0.1) is 6.61 Å². The Morgan fingerprint density at radius 3 is 2.38 bits per heavy atom. The molecule has 1 saturated heterocycles. The van der Waals surface area contributed by atoms with Crippen LogP contribution >= 0.6 is 0 Å². The van der Waals surface area contributed by atoms with Gasteiger partial charge in [0.1, 0.15) is 6.10 Å². The first-order valence-corrected chi connectivity index (χ1v) is 2.62. The fraction of sp³-hybridized carbons (Fsp3) is 1.00. The molecule has 0 radical (unpaired) electrons. The van der Waals surface area contributed by atoms with Gasteiger partial charge in [0.15, 0.2) is 0 Å². The van der Waals surface area contributed by atoms with Crippen LogP contribution in [-0.4, -0.2) is 18.6 Å². The fourth-order valence-electron chi connectivity index (χ4n) is 0.697. The Morgan fingerprint density at radius 1 is 1.62 bits per heavy atom. The van der Waals surface area contributed by atoms with Crippen LogP contribution in [0.5, 0.6) is 0 Å². The Kier molecular flexibility index (Phi) is 1.23. The van der Waals surface area contributed by atoms with E-state index in [4.69, 9.17) is 0 Å². The quantitative estimate of drug-likeness (QED) is 0.472. The standard InChI is InChI=1S/C5H8F2O/c1-4-5(6,7)2-3-8-4/h4H,2-3H2,1H3/t4-/m1/s1. The van der Waals surface area contributed by atoms with Gasteiger partial charge < -0.3 is 4.74 Å². The maximum Gasteiger partial charge on any atom is 0.275 e. The molecule has 0 aliphatic carbocycles. The molecule has 1 fully saturated rings. The minimum Gasteiger partial charge on any atom is -0.372 e. The molecular formula is C5H8F2O. The van der Waals surface area contributed by atoms with Gasteiger partial charge in [-0.05, 0) is 6.92 Å². The van der Waals surface area contributed by atoms with Crippen molar-refractivity contribution in [2.24, 2.45) is 0 Å². The Balaban J connectivity index is 2.54. The van der Waals surface area contributed by atoms with Crippen LogP contribution in [0.25, 0.3) is 0 Å². The minimum absolute atomic E-state index is 0.117. The van der Waals surface area contributed by atoms with E-state index in [0.717, 1.165) is 0 Å². The number of rotatable bonds is 0. The summed E-state index contributed by atoms with van der Waals surface area (Å²) in [6.45, 7) is 1.60. The van der Waals surface area contributed by atoms with Crippen LogP contribution < -0.4 is 0 Å². The summed E-state index contributed by atoms with van der Waals surface area (Å²) in [6.07, 6.45) is -0.990. The lowest BCUT2D eigenvalue weighted by Gasteiger charge is -2.10. The van der Waals surface area contributed by atoms with E-state index in [2.05, 4.69) is 4.74 Å². The van der Waals surface area contributed by atoms with Crippen molar-refractivity contribution in [3.63, 3.8) is 0 Å². The summed E-state index contributed by atoms with van der Waals surface area (Å²) in [6, 6.07) is 0. The molecule has 0 saturated carbocycles. The van der Waals surface area contributed by atoms with Crippen LogP contribution in [0.3, 0.4) is 0 Å². The summed E-state index contributed by atoms with van der Waals surface area (Å²) < 4.78 is 29.0. The average molecular weight is 122 g/mol. The molecule has 1 atom stereocenters. The van der Waals surface area contributed by atoms with Gasteiger partial charge in [0.25, 0.3) is 5.92 Å². The zero-order valence-electron chi connectivity index (χ0n) is 4.66. The Hall–Kier alpha value is -0.180. The summed E-state index contributed by atoms with van der Waals surface area (Å²) in [4.78, 5) is 0. The topological polar surface area (TPSA) is 9.23 Å². The lowest BCUT2D eigenvalue weighted by Crippen LogP contribution is -2.24. The van der Waals surface area contributed by atoms with Gasteiger partial charge in [-0.1, -0.05) is 0 Å². The smallest absolute Gasteiger partial charge is 0.275 e. The zero-order valence-corrected chi connectivity index (χ0v) is 4.66. The fourth-order valence-corrected chi connectivity index (χ4v) is 0.697. The molecule has 0 aromatic carbocycles. The van der Waals surface area contributed by atoms with E-state index in [1.54, 1.807) is 0 Å². The Labute approximate surface area is 46.6 Å². The third-order valence-corrected chi connectivity index (χ3v) is 1.40. The molecule has 0 bridgehead atoms. The highest BCUT2D eigenvalue weighted by Crippen LogP contribution is 2.30. The van der Waals surface area contributed by atoms with Gasteiger partial charge >= 0.3 is 0 Å². The van der Waals surface area contributed by atoms with Crippen molar-refractivity contribution in [2.45, 2.75) is 25.4 Å². The molecule has 0 N–H and O–H groups in total. The minimum atomic E-state index is -2.57. The van der Waals surface area contributed by atoms with E-state index in [1.165, 1.54) is 6.92 Å². The first-order chi connectivity index (χ1) is 3.63. The zero-order chi connectivity index (χ0) is 6.20. The van der Waals surface area contributed by atoms with Crippen LogP contribution in [-0.2, 0) is 4.74 Å². The predicted molar refractivity (Wildman–Crippen MR) is 25.0 cm³/mol. The van der Waals surface area contributed by atoms with Crippen molar-refractivity contribution < 1.29 is 13.5 Å². The van der Waals surface area contributed by atoms with E-state index < -0.39 is 12.0 Å². The van der Waals surface area contributed by atoms with E-state index in [1.807, 2.05) is 0 Å². The third kappa shape index (κ3) is 0.823. The predicted octanol–water partition coefficient (Wildman–Crippen LogP) is 1.43. The van der Waals surface area contributed by atoms with Crippen LogP contribution in [0.15, 0.2) is 0 Å². The Morgan fingerprint density at radius 2 is 2.25 bits per heavy atom. The molecule has 0 amide bonds. The average Bonchev–Trinajstić information content (AvgIpc) is 1.86. The number of ether oxygens (including phenoxy) is 1. The Bertz CT molecular complexity index is 92.4.